The minimum absolute atomic E-state index is 0.0248. The molecular weight excluding hydrogens is 180 g/mol. The molecule has 0 heterocycles. The topological polar surface area (TPSA) is 50.4 Å². The van der Waals surface area contributed by atoms with Crippen molar-refractivity contribution in [2.75, 3.05) is 20.3 Å². The first-order chi connectivity index (χ1) is 6.60. The van der Waals surface area contributed by atoms with E-state index in [4.69, 9.17) is 4.74 Å². The summed E-state index contributed by atoms with van der Waals surface area (Å²) >= 11 is 0. The maximum absolute atomic E-state index is 11.3. The van der Waals surface area contributed by atoms with Gasteiger partial charge in [-0.15, -0.1) is 6.58 Å². The van der Waals surface area contributed by atoms with Crippen molar-refractivity contribution in [1.82, 2.24) is 10.6 Å². The Hall–Kier alpha value is -0.870. The molecule has 4 heteroatoms. The van der Waals surface area contributed by atoms with E-state index in [0.29, 0.717) is 13.2 Å². The van der Waals surface area contributed by atoms with E-state index in [-0.39, 0.29) is 18.0 Å². The summed E-state index contributed by atoms with van der Waals surface area (Å²) in [6.07, 6.45) is 1.76. The average molecular weight is 200 g/mol. The van der Waals surface area contributed by atoms with Gasteiger partial charge in [0.05, 0.1) is 13.2 Å². The van der Waals surface area contributed by atoms with Crippen molar-refractivity contribution in [3.63, 3.8) is 0 Å². The maximum atomic E-state index is 11.3. The smallest absolute Gasteiger partial charge is 0.234 e. The van der Waals surface area contributed by atoms with Gasteiger partial charge in [-0.05, 0) is 13.8 Å². The SMILES string of the molecule is C=CC(C)NCC(=O)NC(C)COC. The highest BCUT2D eigenvalue weighted by Gasteiger charge is 2.06. The summed E-state index contributed by atoms with van der Waals surface area (Å²) in [6, 6.07) is 0.201. The van der Waals surface area contributed by atoms with Gasteiger partial charge in [0.2, 0.25) is 5.91 Å². The predicted molar refractivity (Wildman–Crippen MR) is 57.1 cm³/mol. The van der Waals surface area contributed by atoms with Crippen molar-refractivity contribution in [2.24, 2.45) is 0 Å². The number of carbonyl (C=O) groups excluding carboxylic acids is 1. The van der Waals surface area contributed by atoms with Crippen LogP contribution in [0.3, 0.4) is 0 Å². The monoisotopic (exact) mass is 200 g/mol. The summed E-state index contributed by atoms with van der Waals surface area (Å²) in [6.45, 7) is 8.30. The number of carbonyl (C=O) groups is 1. The molecule has 2 N–H and O–H groups in total. The highest BCUT2D eigenvalue weighted by molar-refractivity contribution is 5.78. The lowest BCUT2D eigenvalue weighted by Crippen LogP contribution is -2.42. The summed E-state index contributed by atoms with van der Waals surface area (Å²) < 4.78 is 4.90. The van der Waals surface area contributed by atoms with Crippen molar-refractivity contribution in [3.8, 4) is 0 Å². The number of rotatable bonds is 7. The van der Waals surface area contributed by atoms with Gasteiger partial charge in [-0.3, -0.25) is 4.79 Å². The molecule has 1 amide bonds. The van der Waals surface area contributed by atoms with Gasteiger partial charge in [-0.25, -0.2) is 0 Å². The molecule has 14 heavy (non-hydrogen) atoms. The highest BCUT2D eigenvalue weighted by Crippen LogP contribution is 1.83. The summed E-state index contributed by atoms with van der Waals surface area (Å²) in [5, 5.41) is 5.81. The molecule has 0 radical (unpaired) electrons. The first-order valence-corrected chi connectivity index (χ1v) is 4.74. The fourth-order valence-corrected chi connectivity index (χ4v) is 0.955. The van der Waals surface area contributed by atoms with Crippen LogP contribution >= 0.6 is 0 Å². The lowest BCUT2D eigenvalue weighted by atomic mass is 10.3. The molecule has 0 rings (SSSR count). The van der Waals surface area contributed by atoms with Crippen molar-refractivity contribution >= 4 is 5.91 Å². The quantitative estimate of drug-likeness (QED) is 0.581. The van der Waals surface area contributed by atoms with Crippen LogP contribution < -0.4 is 10.6 Å². The molecule has 0 aromatic heterocycles. The lowest BCUT2D eigenvalue weighted by Gasteiger charge is -2.14. The van der Waals surface area contributed by atoms with Gasteiger partial charge in [-0.2, -0.15) is 0 Å². The molecule has 0 spiro atoms. The van der Waals surface area contributed by atoms with Crippen LogP contribution in [-0.2, 0) is 9.53 Å². The lowest BCUT2D eigenvalue weighted by molar-refractivity contribution is -0.121. The van der Waals surface area contributed by atoms with Gasteiger partial charge < -0.3 is 15.4 Å². The van der Waals surface area contributed by atoms with Crippen LogP contribution in [0.15, 0.2) is 12.7 Å². The van der Waals surface area contributed by atoms with E-state index in [9.17, 15) is 4.79 Å². The third-order valence-corrected chi connectivity index (χ3v) is 1.76. The fourth-order valence-electron chi connectivity index (χ4n) is 0.955. The molecule has 0 aliphatic heterocycles. The molecule has 0 aromatic rings. The fraction of sp³-hybridized carbons (Fsp3) is 0.700. The van der Waals surface area contributed by atoms with Crippen LogP contribution in [0.1, 0.15) is 13.8 Å². The van der Waals surface area contributed by atoms with Crippen molar-refractivity contribution < 1.29 is 9.53 Å². The van der Waals surface area contributed by atoms with Gasteiger partial charge in [0.25, 0.3) is 0 Å². The maximum Gasteiger partial charge on any atom is 0.234 e. The molecular formula is C10H20N2O2. The molecule has 2 atom stereocenters. The third kappa shape index (κ3) is 6.62. The largest absolute Gasteiger partial charge is 0.383 e. The van der Waals surface area contributed by atoms with Crippen molar-refractivity contribution in [3.05, 3.63) is 12.7 Å². The van der Waals surface area contributed by atoms with E-state index < -0.39 is 0 Å². The Balaban J connectivity index is 3.59. The van der Waals surface area contributed by atoms with Crippen LogP contribution in [0.4, 0.5) is 0 Å². The number of nitrogens with one attached hydrogen (secondary N) is 2. The van der Waals surface area contributed by atoms with Gasteiger partial charge in [0, 0.05) is 19.2 Å². The van der Waals surface area contributed by atoms with Gasteiger partial charge in [0.1, 0.15) is 0 Å². The number of amides is 1. The van der Waals surface area contributed by atoms with Gasteiger partial charge >= 0.3 is 0 Å². The summed E-state index contributed by atoms with van der Waals surface area (Å²) in [5.41, 5.74) is 0. The molecule has 0 saturated carbocycles. The molecule has 4 nitrogen and oxygen atoms in total. The van der Waals surface area contributed by atoms with Gasteiger partial charge in [0.15, 0.2) is 0 Å². The van der Waals surface area contributed by atoms with Crippen LogP contribution in [0.2, 0.25) is 0 Å². The minimum Gasteiger partial charge on any atom is -0.383 e. The van der Waals surface area contributed by atoms with Crippen LogP contribution in [0, 0.1) is 0 Å². The van der Waals surface area contributed by atoms with Gasteiger partial charge in [-0.1, -0.05) is 6.08 Å². The molecule has 0 aliphatic carbocycles. The summed E-state index contributed by atoms with van der Waals surface area (Å²) in [5.74, 6) is -0.0248. The molecule has 0 aromatic carbocycles. The number of hydrogen-bond acceptors (Lipinski definition) is 3. The predicted octanol–water partition coefficient (Wildman–Crippen LogP) is 0.302. The number of hydrogen-bond donors (Lipinski definition) is 2. The number of methoxy groups -OCH3 is 1. The standard InChI is InChI=1S/C10H20N2O2/c1-5-8(2)11-6-10(13)12-9(3)7-14-4/h5,8-9,11H,1,6-7H2,2-4H3,(H,12,13). The summed E-state index contributed by atoms with van der Waals surface area (Å²) in [4.78, 5) is 11.3. The van der Waals surface area contributed by atoms with Crippen molar-refractivity contribution in [2.45, 2.75) is 25.9 Å². The van der Waals surface area contributed by atoms with Crippen molar-refractivity contribution in [1.29, 1.82) is 0 Å². The van der Waals surface area contributed by atoms with E-state index in [0.717, 1.165) is 0 Å². The molecule has 0 saturated heterocycles. The average Bonchev–Trinajstić information content (AvgIpc) is 2.14. The van der Waals surface area contributed by atoms with E-state index >= 15 is 0 Å². The van der Waals surface area contributed by atoms with E-state index in [1.807, 2.05) is 13.8 Å². The second-order valence-electron chi connectivity index (χ2n) is 3.33. The molecule has 82 valence electrons. The van der Waals surface area contributed by atoms with E-state index in [1.54, 1.807) is 13.2 Å². The Labute approximate surface area is 85.7 Å². The minimum atomic E-state index is -0.0248. The second kappa shape index (κ2) is 7.53. The normalized spacial score (nSPS) is 14.5. The number of ether oxygens (including phenoxy) is 1. The molecule has 2 unspecified atom stereocenters. The zero-order valence-corrected chi connectivity index (χ0v) is 9.17. The van der Waals surface area contributed by atoms with E-state index in [2.05, 4.69) is 17.2 Å². The third-order valence-electron chi connectivity index (χ3n) is 1.76. The second-order valence-corrected chi connectivity index (χ2v) is 3.33. The first kappa shape index (κ1) is 13.1. The zero-order chi connectivity index (χ0) is 11.0. The van der Waals surface area contributed by atoms with Crippen LogP contribution in [0.25, 0.3) is 0 Å². The highest BCUT2D eigenvalue weighted by atomic mass is 16.5. The molecule has 0 aliphatic rings. The first-order valence-electron chi connectivity index (χ1n) is 4.74. The van der Waals surface area contributed by atoms with Crippen LogP contribution in [-0.4, -0.2) is 38.3 Å². The zero-order valence-electron chi connectivity index (χ0n) is 9.17. The Morgan fingerprint density at radius 1 is 1.57 bits per heavy atom. The Bertz CT molecular complexity index is 183. The Kier molecular flexibility index (Phi) is 7.06. The molecule has 0 bridgehead atoms. The van der Waals surface area contributed by atoms with Crippen LogP contribution in [0.5, 0.6) is 0 Å². The Morgan fingerprint density at radius 2 is 2.21 bits per heavy atom. The van der Waals surface area contributed by atoms with E-state index in [1.165, 1.54) is 0 Å². The Morgan fingerprint density at radius 3 is 2.71 bits per heavy atom. The molecule has 0 fully saturated rings. The summed E-state index contributed by atoms with van der Waals surface area (Å²) in [7, 11) is 1.61.